The Morgan fingerprint density at radius 2 is 2.20 bits per heavy atom. The lowest BCUT2D eigenvalue weighted by Gasteiger charge is -2.20. The van der Waals surface area contributed by atoms with Crippen molar-refractivity contribution in [2.24, 2.45) is 0 Å². The lowest BCUT2D eigenvalue weighted by atomic mass is 10.1. The number of anilines is 2. The predicted octanol–water partition coefficient (Wildman–Crippen LogP) is 4.24. The molecule has 0 bridgehead atoms. The molecule has 2 heterocycles. The molecule has 0 radical (unpaired) electrons. The van der Waals surface area contributed by atoms with Gasteiger partial charge in [0.2, 0.25) is 11.8 Å². The third kappa shape index (κ3) is 3.74. The van der Waals surface area contributed by atoms with Gasteiger partial charge in [-0.05, 0) is 37.5 Å². The molecule has 1 aromatic carbocycles. The van der Waals surface area contributed by atoms with Gasteiger partial charge in [-0.25, -0.2) is 4.98 Å². The van der Waals surface area contributed by atoms with E-state index in [0.29, 0.717) is 11.6 Å². The summed E-state index contributed by atoms with van der Waals surface area (Å²) in [6.45, 7) is 5.73. The van der Waals surface area contributed by atoms with Crippen molar-refractivity contribution in [1.29, 1.82) is 0 Å². The van der Waals surface area contributed by atoms with Crippen LogP contribution < -0.4 is 10.2 Å². The van der Waals surface area contributed by atoms with Gasteiger partial charge in [-0.15, -0.1) is 11.3 Å². The number of unbranched alkanes of at least 4 members (excludes halogenated alkanes) is 1. The molecule has 0 spiro atoms. The van der Waals surface area contributed by atoms with Gasteiger partial charge < -0.3 is 10.2 Å². The minimum atomic E-state index is 0.0163. The van der Waals surface area contributed by atoms with Crippen molar-refractivity contribution < 1.29 is 9.59 Å². The number of nitrogens with one attached hydrogen (secondary N) is 1. The molecule has 6 heteroatoms. The Morgan fingerprint density at radius 1 is 1.40 bits per heavy atom. The van der Waals surface area contributed by atoms with Crippen molar-refractivity contribution in [3.05, 3.63) is 29.1 Å². The van der Waals surface area contributed by atoms with Crippen molar-refractivity contribution in [2.45, 2.75) is 52.5 Å². The number of hydrogen-bond donors (Lipinski definition) is 1. The third-order valence-corrected chi connectivity index (χ3v) is 5.20. The average molecular weight is 357 g/mol. The Kier molecular flexibility index (Phi) is 5.18. The first kappa shape index (κ1) is 17.6. The van der Waals surface area contributed by atoms with Crippen LogP contribution >= 0.6 is 11.3 Å². The quantitative estimate of drug-likeness (QED) is 0.871. The summed E-state index contributed by atoms with van der Waals surface area (Å²) in [6.07, 6.45) is 3.28. The summed E-state index contributed by atoms with van der Waals surface area (Å²) < 4.78 is 0. The number of carbonyl (C=O) groups excluding carboxylic acids is 2. The first-order chi connectivity index (χ1) is 12.0. The molecule has 5 nitrogen and oxygen atoms in total. The molecule has 25 heavy (non-hydrogen) atoms. The van der Waals surface area contributed by atoms with Gasteiger partial charge >= 0.3 is 0 Å². The average Bonchev–Trinajstić information content (AvgIpc) is 3.15. The maximum Gasteiger partial charge on any atom is 0.226 e. The van der Waals surface area contributed by atoms with Crippen molar-refractivity contribution in [3.63, 3.8) is 0 Å². The summed E-state index contributed by atoms with van der Waals surface area (Å²) in [4.78, 5) is 30.0. The van der Waals surface area contributed by atoms with Crippen LogP contribution in [0.2, 0.25) is 0 Å². The Morgan fingerprint density at radius 3 is 2.92 bits per heavy atom. The maximum atomic E-state index is 11.8. The summed E-state index contributed by atoms with van der Waals surface area (Å²) in [5.41, 5.74) is 4.03. The van der Waals surface area contributed by atoms with Crippen LogP contribution in [-0.2, 0) is 16.0 Å². The van der Waals surface area contributed by atoms with E-state index in [4.69, 9.17) is 0 Å². The standard InChI is InChI=1S/C19H23N3O2S/c1-4-5-6-18(24)21-19-20-16(11-25-19)14-7-8-17-15(10-14)9-12(2)22(17)13(3)23/h7-8,10-12H,4-6,9H2,1-3H3,(H,20,21,24). The second kappa shape index (κ2) is 7.35. The second-order valence-electron chi connectivity index (χ2n) is 6.48. The first-order valence-corrected chi connectivity index (χ1v) is 9.56. The van der Waals surface area contributed by atoms with E-state index < -0.39 is 0 Å². The number of nitrogens with zero attached hydrogens (tertiary/aromatic N) is 2. The molecule has 2 amide bonds. The maximum absolute atomic E-state index is 11.8. The van der Waals surface area contributed by atoms with Crippen LogP contribution in [0.4, 0.5) is 10.8 Å². The number of rotatable bonds is 5. The summed E-state index contributed by atoms with van der Waals surface area (Å²) >= 11 is 1.44. The van der Waals surface area contributed by atoms with E-state index >= 15 is 0 Å². The largest absolute Gasteiger partial charge is 0.309 e. The zero-order valence-electron chi connectivity index (χ0n) is 14.8. The van der Waals surface area contributed by atoms with E-state index in [2.05, 4.69) is 30.2 Å². The van der Waals surface area contributed by atoms with E-state index in [1.807, 2.05) is 22.4 Å². The highest BCUT2D eigenvalue weighted by atomic mass is 32.1. The summed E-state index contributed by atoms with van der Waals surface area (Å²) in [5, 5.41) is 5.46. The fourth-order valence-electron chi connectivity index (χ4n) is 3.25. The van der Waals surface area contributed by atoms with Crippen LogP contribution in [0.25, 0.3) is 11.3 Å². The molecule has 1 aliphatic heterocycles. The van der Waals surface area contributed by atoms with Crippen LogP contribution in [0.1, 0.15) is 45.6 Å². The van der Waals surface area contributed by atoms with Crippen LogP contribution in [0.15, 0.2) is 23.6 Å². The molecule has 0 saturated carbocycles. The predicted molar refractivity (Wildman–Crippen MR) is 102 cm³/mol. The van der Waals surface area contributed by atoms with E-state index in [1.165, 1.54) is 16.9 Å². The Labute approximate surface area is 152 Å². The van der Waals surface area contributed by atoms with E-state index in [9.17, 15) is 9.59 Å². The van der Waals surface area contributed by atoms with Gasteiger partial charge in [0.25, 0.3) is 0 Å². The fourth-order valence-corrected chi connectivity index (χ4v) is 3.99. The summed E-state index contributed by atoms with van der Waals surface area (Å²) in [5.74, 6) is 0.0902. The molecule has 0 fully saturated rings. The van der Waals surface area contributed by atoms with Crippen molar-refractivity contribution in [3.8, 4) is 11.3 Å². The SMILES string of the molecule is CCCCC(=O)Nc1nc(-c2ccc3c(c2)CC(C)N3C(C)=O)cs1. The van der Waals surface area contributed by atoms with Crippen LogP contribution in [-0.4, -0.2) is 22.8 Å². The van der Waals surface area contributed by atoms with Gasteiger partial charge in [0, 0.05) is 36.0 Å². The van der Waals surface area contributed by atoms with Gasteiger partial charge in [-0.2, -0.15) is 0 Å². The van der Waals surface area contributed by atoms with Gasteiger partial charge in [0.15, 0.2) is 5.13 Å². The van der Waals surface area contributed by atoms with Gasteiger partial charge in [0.1, 0.15) is 0 Å². The van der Waals surface area contributed by atoms with Crippen molar-refractivity contribution >= 4 is 34.0 Å². The van der Waals surface area contributed by atoms with Crippen molar-refractivity contribution in [2.75, 3.05) is 10.2 Å². The van der Waals surface area contributed by atoms with E-state index in [-0.39, 0.29) is 17.9 Å². The highest BCUT2D eigenvalue weighted by Gasteiger charge is 2.29. The summed E-state index contributed by atoms with van der Waals surface area (Å²) in [6, 6.07) is 6.28. The molecule has 1 unspecified atom stereocenters. The normalized spacial score (nSPS) is 16.0. The number of benzene rings is 1. The van der Waals surface area contributed by atoms with Gasteiger partial charge in [-0.1, -0.05) is 19.4 Å². The smallest absolute Gasteiger partial charge is 0.226 e. The minimum Gasteiger partial charge on any atom is -0.309 e. The topological polar surface area (TPSA) is 62.3 Å². The number of carbonyl (C=O) groups is 2. The van der Waals surface area contributed by atoms with Crippen LogP contribution in [0, 0.1) is 0 Å². The Balaban J connectivity index is 1.77. The molecule has 1 N–H and O–H groups in total. The number of thiazole rings is 1. The van der Waals surface area contributed by atoms with Crippen LogP contribution in [0.5, 0.6) is 0 Å². The van der Waals surface area contributed by atoms with E-state index in [0.717, 1.165) is 36.2 Å². The van der Waals surface area contributed by atoms with Gasteiger partial charge in [0.05, 0.1) is 5.69 Å². The van der Waals surface area contributed by atoms with Crippen molar-refractivity contribution in [1.82, 2.24) is 4.98 Å². The van der Waals surface area contributed by atoms with Crippen LogP contribution in [0.3, 0.4) is 0 Å². The Bertz CT molecular complexity index is 800. The lowest BCUT2D eigenvalue weighted by Crippen LogP contribution is -2.33. The molecule has 1 atom stereocenters. The fraction of sp³-hybridized carbons (Fsp3) is 0.421. The molecule has 132 valence electrons. The third-order valence-electron chi connectivity index (χ3n) is 4.44. The van der Waals surface area contributed by atoms with E-state index in [1.54, 1.807) is 6.92 Å². The zero-order chi connectivity index (χ0) is 18.0. The summed E-state index contributed by atoms with van der Waals surface area (Å²) in [7, 11) is 0. The molecule has 1 aromatic heterocycles. The Hall–Kier alpha value is -2.21. The number of hydrogen-bond acceptors (Lipinski definition) is 4. The highest BCUT2D eigenvalue weighted by Crippen LogP contribution is 2.36. The number of fused-ring (bicyclic) bond motifs is 1. The molecule has 3 rings (SSSR count). The minimum absolute atomic E-state index is 0.0163. The monoisotopic (exact) mass is 357 g/mol. The first-order valence-electron chi connectivity index (χ1n) is 8.68. The molecule has 2 aromatic rings. The number of aromatic nitrogens is 1. The highest BCUT2D eigenvalue weighted by molar-refractivity contribution is 7.14. The van der Waals surface area contributed by atoms with Gasteiger partial charge in [-0.3, -0.25) is 9.59 Å². The zero-order valence-corrected chi connectivity index (χ0v) is 15.7. The molecule has 1 aliphatic rings. The lowest BCUT2D eigenvalue weighted by molar-refractivity contribution is -0.117. The molecule has 0 aliphatic carbocycles. The number of amides is 2. The molecule has 0 saturated heterocycles. The molecular weight excluding hydrogens is 334 g/mol. The second-order valence-corrected chi connectivity index (χ2v) is 7.33. The molecular formula is C19H23N3O2S.